The summed E-state index contributed by atoms with van der Waals surface area (Å²) in [5.41, 5.74) is 12.8. The molecule has 0 bridgehead atoms. The maximum Gasteiger partial charge on any atom is 0.271 e. The second-order valence-electron chi connectivity index (χ2n) is 5.18. The first-order valence-corrected chi connectivity index (χ1v) is 8.94. The lowest BCUT2D eigenvalue weighted by Crippen LogP contribution is -2.30. The van der Waals surface area contributed by atoms with E-state index in [9.17, 15) is 4.79 Å². The number of carbonyl (C=O) groups is 1. The van der Waals surface area contributed by atoms with Crippen LogP contribution in [0.1, 0.15) is 10.4 Å². The van der Waals surface area contributed by atoms with Crippen LogP contribution >= 0.6 is 34.2 Å². The molecular weight excluding hydrogens is 467 g/mol. The lowest BCUT2D eigenvalue weighted by Gasteiger charge is -2.13. The molecule has 0 spiro atoms. The van der Waals surface area contributed by atoms with E-state index >= 15 is 0 Å². The molecule has 0 fully saturated rings. The van der Waals surface area contributed by atoms with E-state index in [4.69, 9.17) is 17.3 Å². The summed E-state index contributed by atoms with van der Waals surface area (Å²) in [7, 11) is 0. The predicted molar refractivity (Wildman–Crippen MR) is 111 cm³/mol. The van der Waals surface area contributed by atoms with Crippen molar-refractivity contribution in [1.29, 1.82) is 0 Å². The third-order valence-corrected chi connectivity index (χ3v) is 4.45. The number of halogens is 2. The number of nitrogens with one attached hydrogen (secondary N) is 3. The zero-order chi connectivity index (χ0) is 18.5. The Morgan fingerprint density at radius 3 is 2.46 bits per heavy atom. The standard InChI is InChI=1S/C17H14ClIN6O/c18-13-4-2-1-3-12(13)17(26)25-24-16-14(20)15(21-9-22-16)23-11-7-5-10(19)6-8-11/h1-9H,20H2,(H,25,26)(H2,21,22,23,24). The van der Waals surface area contributed by atoms with Gasteiger partial charge >= 0.3 is 0 Å². The third kappa shape index (κ3) is 4.33. The number of nitrogens with two attached hydrogens (primary N) is 1. The molecule has 3 rings (SSSR count). The number of hydrogen-bond donors (Lipinski definition) is 4. The first-order valence-electron chi connectivity index (χ1n) is 7.48. The average molecular weight is 481 g/mol. The molecule has 7 nitrogen and oxygen atoms in total. The Balaban J connectivity index is 1.72. The van der Waals surface area contributed by atoms with E-state index in [2.05, 4.69) is 48.7 Å². The van der Waals surface area contributed by atoms with Gasteiger partial charge in [-0.1, -0.05) is 23.7 Å². The quantitative estimate of drug-likeness (QED) is 0.327. The topological polar surface area (TPSA) is 105 Å². The first kappa shape index (κ1) is 18.2. The molecule has 26 heavy (non-hydrogen) atoms. The number of rotatable bonds is 5. The van der Waals surface area contributed by atoms with Crippen molar-refractivity contribution >= 4 is 63.1 Å². The van der Waals surface area contributed by atoms with Crippen LogP contribution in [-0.4, -0.2) is 15.9 Å². The third-order valence-electron chi connectivity index (χ3n) is 3.40. The molecule has 0 radical (unpaired) electrons. The van der Waals surface area contributed by atoms with E-state index in [0.717, 1.165) is 9.26 Å². The lowest BCUT2D eigenvalue weighted by atomic mass is 10.2. The Labute approximate surface area is 168 Å². The summed E-state index contributed by atoms with van der Waals surface area (Å²) in [4.78, 5) is 20.4. The minimum atomic E-state index is -0.402. The maximum absolute atomic E-state index is 12.2. The monoisotopic (exact) mass is 480 g/mol. The highest BCUT2D eigenvalue weighted by atomic mass is 127. The number of benzene rings is 2. The molecule has 5 N–H and O–H groups in total. The highest BCUT2D eigenvalue weighted by Gasteiger charge is 2.12. The fraction of sp³-hybridized carbons (Fsp3) is 0. The molecule has 1 aromatic heterocycles. The molecule has 9 heteroatoms. The van der Waals surface area contributed by atoms with E-state index < -0.39 is 5.91 Å². The van der Waals surface area contributed by atoms with Gasteiger partial charge in [-0.15, -0.1) is 0 Å². The van der Waals surface area contributed by atoms with Crippen molar-refractivity contribution in [3.05, 3.63) is 69.0 Å². The van der Waals surface area contributed by atoms with Gasteiger partial charge in [-0.25, -0.2) is 9.97 Å². The normalized spacial score (nSPS) is 10.2. The molecule has 3 aromatic rings. The number of nitrogens with zero attached hydrogens (tertiary/aromatic N) is 2. The summed E-state index contributed by atoms with van der Waals surface area (Å²) in [6.07, 6.45) is 1.34. The molecule has 0 aliphatic heterocycles. The smallest absolute Gasteiger partial charge is 0.271 e. The van der Waals surface area contributed by atoms with Gasteiger partial charge in [0, 0.05) is 9.26 Å². The first-order chi connectivity index (χ1) is 12.5. The van der Waals surface area contributed by atoms with E-state index in [-0.39, 0.29) is 11.5 Å². The molecule has 1 heterocycles. The fourth-order valence-electron chi connectivity index (χ4n) is 2.09. The van der Waals surface area contributed by atoms with Crippen molar-refractivity contribution in [2.45, 2.75) is 0 Å². The van der Waals surface area contributed by atoms with Crippen molar-refractivity contribution in [1.82, 2.24) is 15.4 Å². The van der Waals surface area contributed by atoms with E-state index in [1.165, 1.54) is 6.33 Å². The van der Waals surface area contributed by atoms with E-state index in [1.54, 1.807) is 24.3 Å². The van der Waals surface area contributed by atoms with Gasteiger partial charge in [0.05, 0.1) is 10.6 Å². The van der Waals surface area contributed by atoms with Crippen LogP contribution in [0.2, 0.25) is 5.02 Å². The minimum Gasteiger partial charge on any atom is -0.393 e. The van der Waals surface area contributed by atoms with Crippen molar-refractivity contribution in [2.24, 2.45) is 0 Å². The minimum absolute atomic E-state index is 0.269. The molecule has 0 atom stereocenters. The molecule has 1 amide bonds. The van der Waals surface area contributed by atoms with Crippen molar-refractivity contribution < 1.29 is 4.79 Å². The highest BCUT2D eigenvalue weighted by Crippen LogP contribution is 2.25. The SMILES string of the molecule is Nc1c(NNC(=O)c2ccccc2Cl)ncnc1Nc1ccc(I)cc1. The summed E-state index contributed by atoms with van der Waals surface area (Å²) in [6.45, 7) is 0. The van der Waals surface area contributed by atoms with Gasteiger partial charge in [-0.05, 0) is 59.0 Å². The van der Waals surface area contributed by atoms with Crippen molar-refractivity contribution in [3.63, 3.8) is 0 Å². The molecule has 132 valence electrons. The Hall–Kier alpha value is -2.59. The number of hydrazine groups is 1. The van der Waals surface area contributed by atoms with Crippen LogP contribution in [0.4, 0.5) is 23.0 Å². The largest absolute Gasteiger partial charge is 0.393 e. The van der Waals surface area contributed by atoms with Crippen LogP contribution in [0.15, 0.2) is 54.9 Å². The van der Waals surface area contributed by atoms with Gasteiger partial charge in [0.15, 0.2) is 11.6 Å². The Morgan fingerprint density at radius 2 is 1.73 bits per heavy atom. The Bertz CT molecular complexity index is 935. The van der Waals surface area contributed by atoms with Crippen molar-refractivity contribution in [3.8, 4) is 0 Å². The maximum atomic E-state index is 12.2. The zero-order valence-electron chi connectivity index (χ0n) is 13.3. The molecule has 0 saturated heterocycles. The van der Waals surface area contributed by atoms with Gasteiger partial charge in [-0.2, -0.15) is 0 Å². The van der Waals surface area contributed by atoms with Crippen LogP contribution < -0.4 is 21.9 Å². The van der Waals surface area contributed by atoms with Crippen LogP contribution in [0.25, 0.3) is 0 Å². The summed E-state index contributed by atoms with van der Waals surface area (Å²) in [5.74, 6) is 0.296. The van der Waals surface area contributed by atoms with Crippen LogP contribution in [0, 0.1) is 3.57 Å². The van der Waals surface area contributed by atoms with E-state index in [1.807, 2.05) is 24.3 Å². The molecular formula is C17H14ClIN6O. The number of carbonyl (C=O) groups excluding carboxylic acids is 1. The number of aromatic nitrogens is 2. The summed E-state index contributed by atoms with van der Waals surface area (Å²) >= 11 is 8.24. The average Bonchev–Trinajstić information content (AvgIpc) is 2.64. The number of hydrogen-bond acceptors (Lipinski definition) is 6. The van der Waals surface area contributed by atoms with Gasteiger partial charge < -0.3 is 11.1 Å². The van der Waals surface area contributed by atoms with Crippen LogP contribution in [0.5, 0.6) is 0 Å². The van der Waals surface area contributed by atoms with E-state index in [0.29, 0.717) is 16.4 Å². The molecule has 0 aliphatic rings. The predicted octanol–water partition coefficient (Wildman–Crippen LogP) is 3.82. The van der Waals surface area contributed by atoms with Crippen molar-refractivity contribution in [2.75, 3.05) is 16.5 Å². The van der Waals surface area contributed by atoms with Gasteiger partial charge in [-0.3, -0.25) is 15.6 Å². The summed E-state index contributed by atoms with van der Waals surface area (Å²) in [6, 6.07) is 14.5. The summed E-state index contributed by atoms with van der Waals surface area (Å²) < 4.78 is 1.12. The summed E-state index contributed by atoms with van der Waals surface area (Å²) in [5, 5.41) is 3.47. The lowest BCUT2D eigenvalue weighted by molar-refractivity contribution is 0.0962. The van der Waals surface area contributed by atoms with Gasteiger partial charge in [0.25, 0.3) is 5.91 Å². The number of anilines is 4. The Morgan fingerprint density at radius 1 is 1.04 bits per heavy atom. The Kier molecular flexibility index (Phi) is 5.74. The number of amides is 1. The molecule has 0 aliphatic carbocycles. The zero-order valence-corrected chi connectivity index (χ0v) is 16.2. The van der Waals surface area contributed by atoms with Gasteiger partial charge in [0.2, 0.25) is 0 Å². The second-order valence-corrected chi connectivity index (χ2v) is 6.83. The number of nitrogen functional groups attached to an aromatic ring is 1. The van der Waals surface area contributed by atoms with Crippen LogP contribution in [0.3, 0.4) is 0 Å². The molecule has 0 unspecified atom stereocenters. The molecule has 2 aromatic carbocycles. The highest BCUT2D eigenvalue weighted by molar-refractivity contribution is 14.1. The second kappa shape index (κ2) is 8.19. The van der Waals surface area contributed by atoms with Crippen LogP contribution in [-0.2, 0) is 0 Å². The fourth-order valence-corrected chi connectivity index (χ4v) is 2.67. The molecule has 0 saturated carbocycles. The van der Waals surface area contributed by atoms with Gasteiger partial charge in [0.1, 0.15) is 12.0 Å².